The Labute approximate surface area is 125 Å². The van der Waals surface area contributed by atoms with Gasteiger partial charge in [-0.05, 0) is 5.56 Å². The fourth-order valence-corrected chi connectivity index (χ4v) is 1.76. The van der Waals surface area contributed by atoms with Crippen molar-refractivity contribution >= 4 is 0 Å². The van der Waals surface area contributed by atoms with Gasteiger partial charge >= 0.3 is 0 Å². The largest absolute Gasteiger partial charge is 0.482 e. The van der Waals surface area contributed by atoms with Crippen LogP contribution in [0.2, 0.25) is 0 Å². The highest BCUT2D eigenvalue weighted by molar-refractivity contribution is 5.20. The summed E-state index contributed by atoms with van der Waals surface area (Å²) in [6.45, 7) is 1.42. The molecule has 0 spiro atoms. The second-order valence-electron chi connectivity index (χ2n) is 4.76. The first-order valence-electron chi connectivity index (χ1n) is 6.60. The van der Waals surface area contributed by atoms with E-state index in [0.717, 1.165) is 17.9 Å². The first kappa shape index (κ1) is 15.7. The lowest BCUT2D eigenvalue weighted by molar-refractivity contribution is -0.531. The number of ether oxygens (including phenoxy) is 1. The van der Waals surface area contributed by atoms with Gasteiger partial charge in [-0.2, -0.15) is 0 Å². The second kappa shape index (κ2) is 6.86. The molecule has 7 heteroatoms. The van der Waals surface area contributed by atoms with Crippen molar-refractivity contribution in [3.8, 4) is 5.75 Å². The molecule has 0 saturated heterocycles. The predicted octanol–water partition coefficient (Wildman–Crippen LogP) is 1.92. The third-order valence-corrected chi connectivity index (χ3v) is 3.14. The fraction of sp³-hybridized carbons (Fsp3) is 0.267. The molecule has 1 aromatic carbocycles. The van der Waals surface area contributed by atoms with E-state index in [1.54, 1.807) is 0 Å². The lowest BCUT2D eigenvalue weighted by Gasteiger charge is -2.11. The van der Waals surface area contributed by atoms with Crippen LogP contribution in [0.4, 0.5) is 0 Å². The molecule has 0 bridgehead atoms. The quantitative estimate of drug-likeness (QED) is 0.646. The Morgan fingerprint density at radius 2 is 2.05 bits per heavy atom. The maximum atomic E-state index is 11.9. The molecule has 0 aliphatic heterocycles. The third-order valence-electron chi connectivity index (χ3n) is 3.14. The lowest BCUT2D eigenvalue weighted by atomic mass is 10.1. The molecule has 0 aliphatic rings. The summed E-state index contributed by atoms with van der Waals surface area (Å²) in [4.78, 5) is 21.9. The van der Waals surface area contributed by atoms with E-state index in [1.807, 2.05) is 30.3 Å². The second-order valence-corrected chi connectivity index (χ2v) is 4.76. The molecule has 7 nitrogen and oxygen atoms in total. The van der Waals surface area contributed by atoms with E-state index in [9.17, 15) is 20.0 Å². The van der Waals surface area contributed by atoms with Crippen LogP contribution in [0.1, 0.15) is 24.4 Å². The van der Waals surface area contributed by atoms with Crippen LogP contribution in [-0.2, 0) is 6.61 Å². The molecule has 0 saturated carbocycles. The Hall–Kier alpha value is -2.67. The Balaban J connectivity index is 2.10. The third kappa shape index (κ3) is 3.70. The Morgan fingerprint density at radius 3 is 2.64 bits per heavy atom. The Morgan fingerprint density at radius 1 is 1.36 bits per heavy atom. The van der Waals surface area contributed by atoms with Crippen LogP contribution >= 0.6 is 0 Å². The molecule has 0 unspecified atom stereocenters. The van der Waals surface area contributed by atoms with Crippen molar-refractivity contribution in [1.82, 2.24) is 0 Å². The first-order chi connectivity index (χ1) is 10.5. The van der Waals surface area contributed by atoms with Crippen LogP contribution in [0.3, 0.4) is 0 Å². The van der Waals surface area contributed by atoms with Crippen LogP contribution < -0.4 is 10.2 Å². The minimum absolute atomic E-state index is 0.0199. The molecular weight excluding hydrogens is 290 g/mol. The molecule has 0 aliphatic carbocycles. The summed E-state index contributed by atoms with van der Waals surface area (Å²) >= 11 is 0. The van der Waals surface area contributed by atoms with Crippen molar-refractivity contribution in [2.45, 2.75) is 25.7 Å². The number of nitrogens with zero attached hydrogens (tertiary/aromatic N) is 1. The van der Waals surface area contributed by atoms with Gasteiger partial charge in [0.25, 0.3) is 0 Å². The van der Waals surface area contributed by atoms with Crippen LogP contribution in [0.5, 0.6) is 5.75 Å². The van der Waals surface area contributed by atoms with E-state index >= 15 is 0 Å². The minimum Gasteiger partial charge on any atom is -0.482 e. The van der Waals surface area contributed by atoms with E-state index in [1.165, 1.54) is 6.92 Å². The highest BCUT2D eigenvalue weighted by Gasteiger charge is 2.28. The topological polar surface area (TPSA) is 103 Å². The normalized spacial score (nSPS) is 13.4. The van der Waals surface area contributed by atoms with E-state index in [0.29, 0.717) is 0 Å². The van der Waals surface area contributed by atoms with E-state index in [-0.39, 0.29) is 18.1 Å². The van der Waals surface area contributed by atoms with E-state index in [2.05, 4.69) is 0 Å². The van der Waals surface area contributed by atoms with E-state index in [4.69, 9.17) is 9.15 Å². The van der Waals surface area contributed by atoms with Gasteiger partial charge in [0.15, 0.2) is 6.10 Å². The zero-order valence-corrected chi connectivity index (χ0v) is 11.8. The predicted molar refractivity (Wildman–Crippen MR) is 77.2 cm³/mol. The number of rotatable bonds is 6. The molecule has 0 amide bonds. The van der Waals surface area contributed by atoms with Gasteiger partial charge in [0, 0.05) is 17.9 Å². The van der Waals surface area contributed by atoms with Crippen LogP contribution in [0.15, 0.2) is 51.9 Å². The summed E-state index contributed by atoms with van der Waals surface area (Å²) in [6.07, 6.45) is -0.442. The van der Waals surface area contributed by atoms with Gasteiger partial charge in [-0.15, -0.1) is 0 Å². The summed E-state index contributed by atoms with van der Waals surface area (Å²) in [5.74, 6) is -0.185. The van der Waals surface area contributed by atoms with Crippen molar-refractivity contribution in [2.75, 3.05) is 0 Å². The molecule has 2 rings (SSSR count). The minimum atomic E-state index is -1.49. The Bertz CT molecular complexity index is 697. The highest BCUT2D eigenvalue weighted by Crippen LogP contribution is 2.19. The Kier molecular flexibility index (Phi) is 4.90. The van der Waals surface area contributed by atoms with Crippen molar-refractivity contribution in [1.29, 1.82) is 0 Å². The number of aliphatic hydroxyl groups is 1. The highest BCUT2D eigenvalue weighted by atomic mass is 16.6. The molecule has 1 aromatic heterocycles. The van der Waals surface area contributed by atoms with Crippen molar-refractivity contribution in [3.63, 3.8) is 0 Å². The summed E-state index contributed by atoms with van der Waals surface area (Å²) in [5, 5.41) is 20.4. The van der Waals surface area contributed by atoms with Gasteiger partial charge in [0.2, 0.25) is 17.2 Å². The van der Waals surface area contributed by atoms with Crippen LogP contribution in [0.25, 0.3) is 0 Å². The fourth-order valence-electron chi connectivity index (χ4n) is 1.76. The molecule has 22 heavy (non-hydrogen) atoms. The maximum absolute atomic E-state index is 11.9. The average Bonchev–Trinajstić information content (AvgIpc) is 2.53. The number of aliphatic hydroxyl groups excluding tert-OH is 1. The molecule has 116 valence electrons. The molecule has 2 atom stereocenters. The summed E-state index contributed by atoms with van der Waals surface area (Å²) in [7, 11) is 0. The number of benzene rings is 1. The molecule has 2 aromatic rings. The van der Waals surface area contributed by atoms with Crippen molar-refractivity contribution < 1.29 is 19.2 Å². The summed E-state index contributed by atoms with van der Waals surface area (Å²) in [6, 6.07) is 8.98. The van der Waals surface area contributed by atoms with Crippen molar-refractivity contribution in [3.05, 3.63) is 74.3 Å². The SMILES string of the molecule is C[C@H]([C@H](O)c1cc(=O)c(OCc2ccccc2)co1)[N+](=O)[O-]. The molecule has 1 N–H and O–H groups in total. The molecular formula is C15H15NO6. The van der Waals surface area contributed by atoms with Gasteiger partial charge in [-0.1, -0.05) is 30.3 Å². The van der Waals surface area contributed by atoms with Gasteiger partial charge in [0.05, 0.1) is 0 Å². The number of hydrogen-bond acceptors (Lipinski definition) is 6. The summed E-state index contributed by atoms with van der Waals surface area (Å²) < 4.78 is 10.4. The molecule has 0 radical (unpaired) electrons. The van der Waals surface area contributed by atoms with Gasteiger partial charge in [-0.3, -0.25) is 14.9 Å². The number of hydrogen-bond donors (Lipinski definition) is 1. The zero-order chi connectivity index (χ0) is 16.1. The van der Waals surface area contributed by atoms with Gasteiger partial charge in [-0.25, -0.2) is 0 Å². The summed E-state index contributed by atoms with van der Waals surface area (Å²) in [5.41, 5.74) is 0.375. The average molecular weight is 305 g/mol. The number of nitro groups is 1. The lowest BCUT2D eigenvalue weighted by Crippen LogP contribution is -2.24. The van der Waals surface area contributed by atoms with E-state index < -0.39 is 22.5 Å². The zero-order valence-electron chi connectivity index (χ0n) is 11.8. The molecule has 1 heterocycles. The van der Waals surface area contributed by atoms with Crippen LogP contribution in [-0.4, -0.2) is 16.1 Å². The standard InChI is InChI=1S/C15H15NO6/c1-10(16(19)20)15(18)13-7-12(17)14(9-22-13)21-8-11-5-3-2-4-6-11/h2-7,9-10,15,18H,8H2,1H3/t10-,15+/m1/s1. The van der Waals surface area contributed by atoms with Crippen molar-refractivity contribution in [2.24, 2.45) is 0 Å². The smallest absolute Gasteiger partial charge is 0.243 e. The monoisotopic (exact) mass is 305 g/mol. The van der Waals surface area contributed by atoms with Gasteiger partial charge < -0.3 is 14.3 Å². The van der Waals surface area contributed by atoms with Gasteiger partial charge in [0.1, 0.15) is 18.6 Å². The van der Waals surface area contributed by atoms with Crippen LogP contribution in [0, 0.1) is 10.1 Å². The first-order valence-corrected chi connectivity index (χ1v) is 6.60. The maximum Gasteiger partial charge on any atom is 0.243 e. The molecule has 0 fully saturated rings.